The topological polar surface area (TPSA) is 96.5 Å². The molecule has 2 aliphatic rings. The summed E-state index contributed by atoms with van der Waals surface area (Å²) in [6.07, 6.45) is 0. The maximum Gasteiger partial charge on any atom is 0.338 e. The molecule has 2 heterocycles. The van der Waals surface area contributed by atoms with Crippen molar-refractivity contribution in [3.05, 3.63) is 59.7 Å². The van der Waals surface area contributed by atoms with E-state index in [0.717, 1.165) is 5.69 Å². The first-order valence-corrected chi connectivity index (χ1v) is 12.7. The number of hydrogen-bond acceptors (Lipinski definition) is 7. The highest BCUT2D eigenvalue weighted by Crippen LogP contribution is 2.21. The number of carbonyl (C=O) groups is 2. The standard InChI is InChI=1S/C24H29N3O6S/c1-19-7-8-21(34(30,31)27-13-15-32-16-14-27)17-22(19)24(29)33-18-23(28)26-11-9-25(10-12-26)20-5-3-2-4-6-20/h2-8,17H,9-16,18H2,1H3. The predicted octanol–water partition coefficient (Wildman–Crippen LogP) is 1.52. The molecule has 0 saturated carbocycles. The monoisotopic (exact) mass is 487 g/mol. The number of esters is 1. The smallest absolute Gasteiger partial charge is 0.338 e. The quantitative estimate of drug-likeness (QED) is 0.570. The number of anilines is 1. The minimum absolute atomic E-state index is 0.0234. The molecule has 2 aromatic carbocycles. The summed E-state index contributed by atoms with van der Waals surface area (Å²) >= 11 is 0. The van der Waals surface area contributed by atoms with Gasteiger partial charge in [-0.2, -0.15) is 4.31 Å². The number of rotatable bonds is 6. The fraction of sp³-hybridized carbons (Fsp3) is 0.417. The second kappa shape index (κ2) is 10.5. The predicted molar refractivity (Wildman–Crippen MR) is 126 cm³/mol. The Morgan fingerprint density at radius 2 is 1.62 bits per heavy atom. The molecule has 0 atom stereocenters. The summed E-state index contributed by atoms with van der Waals surface area (Å²) in [7, 11) is -3.75. The largest absolute Gasteiger partial charge is 0.452 e. The molecule has 0 aromatic heterocycles. The van der Waals surface area contributed by atoms with Gasteiger partial charge in [-0.25, -0.2) is 13.2 Å². The number of para-hydroxylation sites is 1. The fourth-order valence-corrected chi connectivity index (χ4v) is 5.50. The summed E-state index contributed by atoms with van der Waals surface area (Å²) in [4.78, 5) is 29.2. The third-order valence-electron chi connectivity index (χ3n) is 6.12. The molecule has 0 bridgehead atoms. The van der Waals surface area contributed by atoms with Gasteiger partial charge in [0.15, 0.2) is 6.61 Å². The number of piperazine rings is 1. The van der Waals surface area contributed by atoms with Gasteiger partial charge in [0.25, 0.3) is 5.91 Å². The Morgan fingerprint density at radius 1 is 0.941 bits per heavy atom. The number of morpholine rings is 1. The van der Waals surface area contributed by atoms with E-state index in [1.54, 1.807) is 17.9 Å². The van der Waals surface area contributed by atoms with E-state index < -0.39 is 16.0 Å². The number of aryl methyl sites for hydroxylation is 1. The van der Waals surface area contributed by atoms with Crippen LogP contribution in [0.25, 0.3) is 0 Å². The molecule has 2 aromatic rings. The highest BCUT2D eigenvalue weighted by molar-refractivity contribution is 7.89. The molecule has 1 amide bonds. The summed E-state index contributed by atoms with van der Waals surface area (Å²) in [5, 5.41) is 0. The van der Waals surface area contributed by atoms with E-state index in [-0.39, 0.29) is 36.1 Å². The van der Waals surface area contributed by atoms with Gasteiger partial charge < -0.3 is 19.3 Å². The molecule has 0 aliphatic carbocycles. The molecule has 10 heteroatoms. The van der Waals surface area contributed by atoms with Gasteiger partial charge in [-0.1, -0.05) is 24.3 Å². The number of benzene rings is 2. The number of amides is 1. The second-order valence-electron chi connectivity index (χ2n) is 8.27. The Balaban J connectivity index is 1.35. The van der Waals surface area contributed by atoms with Crippen LogP contribution in [0.2, 0.25) is 0 Å². The van der Waals surface area contributed by atoms with E-state index in [1.807, 2.05) is 30.3 Å². The average molecular weight is 488 g/mol. The lowest BCUT2D eigenvalue weighted by Gasteiger charge is -2.36. The first-order chi connectivity index (χ1) is 16.4. The minimum Gasteiger partial charge on any atom is -0.452 e. The van der Waals surface area contributed by atoms with E-state index >= 15 is 0 Å². The molecular weight excluding hydrogens is 458 g/mol. The van der Waals surface area contributed by atoms with Crippen molar-refractivity contribution < 1.29 is 27.5 Å². The summed E-state index contributed by atoms with van der Waals surface area (Å²) in [6, 6.07) is 14.4. The molecule has 0 N–H and O–H groups in total. The summed E-state index contributed by atoms with van der Waals surface area (Å²) in [5.41, 5.74) is 1.83. The SMILES string of the molecule is Cc1ccc(S(=O)(=O)N2CCOCC2)cc1C(=O)OCC(=O)N1CCN(c2ccccc2)CC1. The summed E-state index contributed by atoms with van der Waals surface area (Å²) in [5.74, 6) is -0.983. The molecule has 2 aliphatic heterocycles. The van der Waals surface area contributed by atoms with Crippen LogP contribution in [0.15, 0.2) is 53.4 Å². The van der Waals surface area contributed by atoms with Crippen LogP contribution < -0.4 is 4.90 Å². The van der Waals surface area contributed by atoms with E-state index in [2.05, 4.69) is 4.90 Å². The van der Waals surface area contributed by atoms with Gasteiger partial charge >= 0.3 is 5.97 Å². The zero-order valence-corrected chi connectivity index (χ0v) is 20.0. The summed E-state index contributed by atoms with van der Waals surface area (Å²) in [6.45, 7) is 4.99. The maximum absolute atomic E-state index is 12.9. The number of sulfonamides is 1. The molecule has 0 unspecified atom stereocenters. The number of hydrogen-bond donors (Lipinski definition) is 0. The van der Waals surface area contributed by atoms with Gasteiger partial charge in [0.05, 0.1) is 23.7 Å². The van der Waals surface area contributed by atoms with Gasteiger partial charge in [-0.05, 0) is 36.8 Å². The van der Waals surface area contributed by atoms with Crippen LogP contribution in [0.3, 0.4) is 0 Å². The molecule has 9 nitrogen and oxygen atoms in total. The first-order valence-electron chi connectivity index (χ1n) is 11.3. The van der Waals surface area contributed by atoms with Crippen LogP contribution in [0.4, 0.5) is 5.69 Å². The summed E-state index contributed by atoms with van der Waals surface area (Å²) < 4.78 is 37.7. The van der Waals surface area contributed by atoms with Crippen LogP contribution in [-0.4, -0.2) is 88.6 Å². The van der Waals surface area contributed by atoms with Crippen molar-refractivity contribution in [2.75, 3.05) is 64.0 Å². The van der Waals surface area contributed by atoms with E-state index in [4.69, 9.17) is 9.47 Å². The van der Waals surface area contributed by atoms with Crippen molar-refractivity contribution in [2.24, 2.45) is 0 Å². The van der Waals surface area contributed by atoms with Crippen LogP contribution in [0.1, 0.15) is 15.9 Å². The maximum atomic E-state index is 12.9. The molecule has 34 heavy (non-hydrogen) atoms. The molecule has 2 fully saturated rings. The third kappa shape index (κ3) is 5.40. The van der Waals surface area contributed by atoms with Gasteiger partial charge in [0.1, 0.15) is 0 Å². The third-order valence-corrected chi connectivity index (χ3v) is 8.01. The average Bonchev–Trinajstić information content (AvgIpc) is 2.88. The van der Waals surface area contributed by atoms with E-state index in [1.165, 1.54) is 16.4 Å². The van der Waals surface area contributed by atoms with Gasteiger partial charge in [-0.15, -0.1) is 0 Å². The fourth-order valence-electron chi connectivity index (χ4n) is 4.07. The Labute approximate surface area is 199 Å². The van der Waals surface area contributed by atoms with Crippen molar-refractivity contribution in [2.45, 2.75) is 11.8 Å². The lowest BCUT2D eigenvalue weighted by molar-refractivity contribution is -0.134. The van der Waals surface area contributed by atoms with Crippen molar-refractivity contribution >= 4 is 27.6 Å². The van der Waals surface area contributed by atoms with Crippen LogP contribution in [0.5, 0.6) is 0 Å². The van der Waals surface area contributed by atoms with E-state index in [9.17, 15) is 18.0 Å². The number of nitrogens with zero attached hydrogens (tertiary/aromatic N) is 3. The molecule has 0 radical (unpaired) electrons. The zero-order valence-electron chi connectivity index (χ0n) is 19.2. The Kier molecular flexibility index (Phi) is 7.50. The zero-order chi connectivity index (χ0) is 24.1. The normalized spacial score (nSPS) is 17.4. The minimum atomic E-state index is -3.75. The number of carbonyl (C=O) groups excluding carboxylic acids is 2. The van der Waals surface area contributed by atoms with Crippen molar-refractivity contribution in [3.8, 4) is 0 Å². The molecule has 4 rings (SSSR count). The van der Waals surface area contributed by atoms with E-state index in [0.29, 0.717) is 45.0 Å². The Bertz CT molecular complexity index is 1120. The van der Waals surface area contributed by atoms with Gasteiger partial charge in [-0.3, -0.25) is 4.79 Å². The molecule has 2 saturated heterocycles. The van der Waals surface area contributed by atoms with Gasteiger partial charge in [0.2, 0.25) is 10.0 Å². The van der Waals surface area contributed by atoms with Crippen molar-refractivity contribution in [1.82, 2.24) is 9.21 Å². The van der Waals surface area contributed by atoms with Crippen LogP contribution in [-0.2, 0) is 24.3 Å². The van der Waals surface area contributed by atoms with Crippen molar-refractivity contribution in [3.63, 3.8) is 0 Å². The Hall–Kier alpha value is -2.95. The highest BCUT2D eigenvalue weighted by atomic mass is 32.2. The lowest BCUT2D eigenvalue weighted by atomic mass is 10.1. The van der Waals surface area contributed by atoms with Crippen LogP contribution in [0, 0.1) is 6.92 Å². The lowest BCUT2D eigenvalue weighted by Crippen LogP contribution is -2.49. The van der Waals surface area contributed by atoms with Crippen molar-refractivity contribution in [1.29, 1.82) is 0 Å². The van der Waals surface area contributed by atoms with Gasteiger partial charge in [0, 0.05) is 45.0 Å². The molecule has 0 spiro atoms. The first kappa shape index (κ1) is 24.2. The second-order valence-corrected chi connectivity index (χ2v) is 10.2. The molecule has 182 valence electrons. The molecular formula is C24H29N3O6S. The van der Waals surface area contributed by atoms with Crippen LogP contribution >= 0.6 is 0 Å². The Morgan fingerprint density at radius 3 is 2.29 bits per heavy atom. The highest BCUT2D eigenvalue weighted by Gasteiger charge is 2.28. The number of ether oxygens (including phenoxy) is 2.